The third-order valence-electron chi connectivity index (χ3n) is 6.70. The number of hydrazine groups is 1. The van der Waals surface area contributed by atoms with Gasteiger partial charge in [-0.3, -0.25) is 25.2 Å². The van der Waals surface area contributed by atoms with Crippen molar-refractivity contribution >= 4 is 17.8 Å². The number of amides is 2. The molecule has 0 unspecified atom stereocenters. The number of esters is 1. The Hall–Kier alpha value is -2.37. The van der Waals surface area contributed by atoms with E-state index in [2.05, 4.69) is 10.9 Å². The predicted molar refractivity (Wildman–Crippen MR) is 103 cm³/mol. The highest BCUT2D eigenvalue weighted by Crippen LogP contribution is 2.61. The Labute approximate surface area is 165 Å². The van der Waals surface area contributed by atoms with Crippen LogP contribution in [0.2, 0.25) is 0 Å². The zero-order valence-corrected chi connectivity index (χ0v) is 16.3. The summed E-state index contributed by atoms with van der Waals surface area (Å²) in [6.07, 6.45) is 6.82. The molecule has 4 aliphatic rings. The Morgan fingerprint density at radius 3 is 2.14 bits per heavy atom. The fraction of sp³-hybridized carbons (Fsp3) is 0.591. The molecule has 0 spiro atoms. The van der Waals surface area contributed by atoms with Gasteiger partial charge in [0, 0.05) is 5.56 Å². The molecule has 0 aromatic heterocycles. The van der Waals surface area contributed by atoms with Gasteiger partial charge in [-0.25, -0.2) is 0 Å². The Kier molecular flexibility index (Phi) is 5.13. The molecule has 0 saturated heterocycles. The molecule has 4 bridgehead atoms. The van der Waals surface area contributed by atoms with E-state index < -0.39 is 17.9 Å². The summed E-state index contributed by atoms with van der Waals surface area (Å²) in [5.74, 6) is 1.05. The number of carbonyl (C=O) groups is 3. The Morgan fingerprint density at radius 1 is 1.00 bits per heavy atom. The summed E-state index contributed by atoms with van der Waals surface area (Å²) in [5, 5.41) is 0. The summed E-state index contributed by atoms with van der Waals surface area (Å²) >= 11 is 0. The van der Waals surface area contributed by atoms with E-state index in [4.69, 9.17) is 4.74 Å². The normalized spacial score (nSPS) is 31.1. The zero-order chi connectivity index (χ0) is 19.7. The molecule has 28 heavy (non-hydrogen) atoms. The lowest BCUT2D eigenvalue weighted by Gasteiger charge is -2.56. The number of ether oxygens (including phenoxy) is 1. The summed E-state index contributed by atoms with van der Waals surface area (Å²) in [6.45, 7) is 1.53. The molecule has 0 aliphatic heterocycles. The second-order valence-electron chi connectivity index (χ2n) is 9.04. The van der Waals surface area contributed by atoms with Crippen LogP contribution in [-0.4, -0.2) is 23.9 Å². The third kappa shape index (κ3) is 4.05. The van der Waals surface area contributed by atoms with Gasteiger partial charge in [-0.05, 0) is 80.8 Å². The molecule has 0 heterocycles. The van der Waals surface area contributed by atoms with Crippen LogP contribution in [-0.2, 0) is 14.3 Å². The molecular weight excluding hydrogens is 356 g/mol. The van der Waals surface area contributed by atoms with E-state index in [1.807, 2.05) is 0 Å². The number of hydrogen-bond donors (Lipinski definition) is 2. The molecule has 1 aromatic carbocycles. The van der Waals surface area contributed by atoms with Crippen LogP contribution >= 0.6 is 0 Å². The zero-order valence-electron chi connectivity index (χ0n) is 16.3. The minimum Gasteiger partial charge on any atom is -0.452 e. The van der Waals surface area contributed by atoms with Crippen LogP contribution in [0.4, 0.5) is 0 Å². The molecule has 6 heteroatoms. The Balaban J connectivity index is 1.25. The number of carbonyl (C=O) groups excluding carboxylic acids is 3. The average molecular weight is 384 g/mol. The van der Waals surface area contributed by atoms with Crippen molar-refractivity contribution in [2.75, 3.05) is 0 Å². The highest BCUT2D eigenvalue weighted by atomic mass is 16.5. The summed E-state index contributed by atoms with van der Waals surface area (Å²) in [5.41, 5.74) is 5.21. The average Bonchev–Trinajstić information content (AvgIpc) is 2.64. The van der Waals surface area contributed by atoms with E-state index >= 15 is 0 Å². The Bertz CT molecular complexity index is 726. The predicted octanol–water partition coefficient (Wildman–Crippen LogP) is 2.99. The van der Waals surface area contributed by atoms with Gasteiger partial charge in [0.15, 0.2) is 6.10 Å². The fourth-order valence-corrected chi connectivity index (χ4v) is 5.99. The second-order valence-corrected chi connectivity index (χ2v) is 9.04. The van der Waals surface area contributed by atoms with Gasteiger partial charge in [0.05, 0.1) is 6.42 Å². The van der Waals surface area contributed by atoms with Gasteiger partial charge in [-0.15, -0.1) is 0 Å². The van der Waals surface area contributed by atoms with Gasteiger partial charge < -0.3 is 4.74 Å². The smallest absolute Gasteiger partial charge is 0.307 e. The SMILES string of the molecule is C[C@@H](OC(=O)CC12CC3CC(CC(C3)C1)C2)C(=O)NNC(=O)c1ccccc1. The highest BCUT2D eigenvalue weighted by molar-refractivity contribution is 5.95. The first-order chi connectivity index (χ1) is 13.4. The van der Waals surface area contributed by atoms with Gasteiger partial charge in [-0.1, -0.05) is 18.2 Å². The molecule has 6 nitrogen and oxygen atoms in total. The van der Waals surface area contributed by atoms with E-state index in [0.29, 0.717) is 12.0 Å². The molecule has 1 atom stereocenters. The highest BCUT2D eigenvalue weighted by Gasteiger charge is 2.51. The van der Waals surface area contributed by atoms with Gasteiger partial charge in [0.2, 0.25) is 0 Å². The van der Waals surface area contributed by atoms with Crippen LogP contribution in [0.25, 0.3) is 0 Å². The van der Waals surface area contributed by atoms with Crippen LogP contribution in [0, 0.1) is 23.2 Å². The van der Waals surface area contributed by atoms with Gasteiger partial charge in [-0.2, -0.15) is 0 Å². The largest absolute Gasteiger partial charge is 0.452 e. The maximum Gasteiger partial charge on any atom is 0.307 e. The Morgan fingerprint density at radius 2 is 1.57 bits per heavy atom. The topological polar surface area (TPSA) is 84.5 Å². The molecular formula is C22H28N2O4. The first-order valence-electron chi connectivity index (χ1n) is 10.3. The van der Waals surface area contributed by atoms with E-state index in [1.54, 1.807) is 30.3 Å². The molecule has 0 radical (unpaired) electrons. The summed E-state index contributed by atoms with van der Waals surface area (Å²) in [7, 11) is 0. The lowest BCUT2D eigenvalue weighted by atomic mass is 9.49. The molecule has 2 N–H and O–H groups in total. The van der Waals surface area contributed by atoms with Gasteiger partial charge >= 0.3 is 5.97 Å². The van der Waals surface area contributed by atoms with E-state index in [9.17, 15) is 14.4 Å². The van der Waals surface area contributed by atoms with E-state index in [0.717, 1.165) is 37.0 Å². The monoisotopic (exact) mass is 384 g/mol. The van der Waals surface area contributed by atoms with Crippen molar-refractivity contribution in [3.63, 3.8) is 0 Å². The molecule has 4 fully saturated rings. The standard InChI is InChI=1S/C22H28N2O4/c1-14(20(26)23-24-21(27)18-5-3-2-4-6-18)28-19(25)13-22-10-15-7-16(11-22)9-17(8-15)12-22/h2-6,14-17H,7-13H2,1H3,(H,23,26)(H,24,27)/t14-,15?,16?,17?,22?/m1/s1. The van der Waals surface area contributed by atoms with Gasteiger partial charge in [0.25, 0.3) is 11.8 Å². The van der Waals surface area contributed by atoms with Crippen molar-refractivity contribution in [1.82, 2.24) is 10.9 Å². The van der Waals surface area contributed by atoms with Crippen LogP contribution in [0.1, 0.15) is 62.2 Å². The fourth-order valence-electron chi connectivity index (χ4n) is 5.99. The van der Waals surface area contributed by atoms with E-state index in [1.165, 1.54) is 26.2 Å². The number of hydrogen-bond acceptors (Lipinski definition) is 4. The minimum absolute atomic E-state index is 0.0869. The van der Waals surface area contributed by atoms with Crippen LogP contribution in [0.3, 0.4) is 0 Å². The van der Waals surface area contributed by atoms with Crippen molar-refractivity contribution in [2.24, 2.45) is 23.2 Å². The lowest BCUT2D eigenvalue weighted by molar-refractivity contribution is -0.161. The first kappa shape index (κ1) is 19.0. The number of rotatable bonds is 5. The second kappa shape index (κ2) is 7.57. The molecule has 150 valence electrons. The minimum atomic E-state index is -0.947. The third-order valence-corrected chi connectivity index (χ3v) is 6.70. The first-order valence-corrected chi connectivity index (χ1v) is 10.3. The quantitative estimate of drug-likeness (QED) is 0.604. The molecule has 2 amide bonds. The maximum atomic E-state index is 12.5. The van der Waals surface area contributed by atoms with Gasteiger partial charge in [0.1, 0.15) is 0 Å². The van der Waals surface area contributed by atoms with Crippen molar-refractivity contribution in [3.8, 4) is 0 Å². The van der Waals surface area contributed by atoms with Crippen molar-refractivity contribution in [2.45, 2.75) is 58.0 Å². The van der Waals surface area contributed by atoms with Crippen molar-refractivity contribution < 1.29 is 19.1 Å². The molecule has 5 rings (SSSR count). The lowest BCUT2D eigenvalue weighted by Crippen LogP contribution is -2.48. The summed E-state index contributed by atoms with van der Waals surface area (Å²) < 4.78 is 5.39. The van der Waals surface area contributed by atoms with Crippen LogP contribution in [0.15, 0.2) is 30.3 Å². The maximum absolute atomic E-state index is 12.5. The van der Waals surface area contributed by atoms with Crippen molar-refractivity contribution in [3.05, 3.63) is 35.9 Å². The molecule has 1 aromatic rings. The molecule has 4 saturated carbocycles. The van der Waals surface area contributed by atoms with Crippen LogP contribution < -0.4 is 10.9 Å². The summed E-state index contributed by atoms with van der Waals surface area (Å²) in [6, 6.07) is 8.59. The number of nitrogens with one attached hydrogen (secondary N) is 2. The number of benzene rings is 1. The van der Waals surface area contributed by atoms with E-state index in [-0.39, 0.29) is 11.4 Å². The van der Waals surface area contributed by atoms with Crippen molar-refractivity contribution in [1.29, 1.82) is 0 Å². The molecule has 4 aliphatic carbocycles. The van der Waals surface area contributed by atoms with Crippen LogP contribution in [0.5, 0.6) is 0 Å². The summed E-state index contributed by atoms with van der Waals surface area (Å²) in [4.78, 5) is 36.7.